The van der Waals surface area contributed by atoms with E-state index < -0.39 is 11.4 Å². The Morgan fingerprint density at radius 2 is 1.69 bits per heavy atom. The largest absolute Gasteiger partial charge is 0.481 e. The van der Waals surface area contributed by atoms with E-state index in [0.717, 1.165) is 63.0 Å². The van der Waals surface area contributed by atoms with Crippen molar-refractivity contribution >= 4 is 17.6 Å². The lowest BCUT2D eigenvalue weighted by Gasteiger charge is -2.43. The number of carboxylic acid groups (broad SMARTS) is 1. The van der Waals surface area contributed by atoms with Crippen LogP contribution in [0, 0.1) is 17.8 Å². The van der Waals surface area contributed by atoms with Crippen LogP contribution in [0.5, 0.6) is 0 Å². The zero-order chi connectivity index (χ0) is 30.0. The van der Waals surface area contributed by atoms with Gasteiger partial charge in [-0.25, -0.2) is 0 Å². The molecule has 0 atom stereocenters. The Kier molecular flexibility index (Phi) is 11.6. The Bertz CT molecular complexity index is 1100. The number of aliphatic hydroxyl groups excluding tert-OH is 2. The van der Waals surface area contributed by atoms with Crippen molar-refractivity contribution in [2.45, 2.75) is 96.4 Å². The highest BCUT2D eigenvalue weighted by molar-refractivity contribution is 6.04. The first kappa shape index (κ1) is 32.2. The van der Waals surface area contributed by atoms with Crippen LogP contribution in [-0.2, 0) is 4.79 Å². The van der Waals surface area contributed by atoms with E-state index in [1.807, 2.05) is 36.1 Å². The minimum absolute atomic E-state index is 0.0668. The summed E-state index contributed by atoms with van der Waals surface area (Å²) in [6.07, 6.45) is 13.2. The van der Waals surface area contributed by atoms with Crippen LogP contribution >= 0.6 is 0 Å². The molecule has 3 N–H and O–H groups in total. The summed E-state index contributed by atoms with van der Waals surface area (Å²) >= 11 is 0. The van der Waals surface area contributed by atoms with Gasteiger partial charge in [0, 0.05) is 36.7 Å². The van der Waals surface area contributed by atoms with Crippen LogP contribution in [0.2, 0.25) is 0 Å². The number of benzene rings is 1. The van der Waals surface area contributed by atoms with E-state index in [1.54, 1.807) is 18.4 Å². The zero-order valence-electron chi connectivity index (χ0n) is 25.3. The highest BCUT2D eigenvalue weighted by Gasteiger charge is 2.38. The number of aryl methyl sites for hydroxylation is 1. The van der Waals surface area contributed by atoms with Crippen molar-refractivity contribution in [2.75, 3.05) is 37.7 Å². The van der Waals surface area contributed by atoms with Gasteiger partial charge in [0.25, 0.3) is 5.91 Å². The molecule has 0 radical (unpaired) electrons. The van der Waals surface area contributed by atoms with Crippen molar-refractivity contribution in [3.8, 4) is 0 Å². The maximum absolute atomic E-state index is 13.5. The van der Waals surface area contributed by atoms with Crippen molar-refractivity contribution in [2.24, 2.45) is 10.8 Å². The lowest BCUT2D eigenvalue weighted by atomic mass is 9.65. The van der Waals surface area contributed by atoms with Crippen LogP contribution in [0.4, 0.5) is 5.69 Å². The molecule has 232 valence electrons. The van der Waals surface area contributed by atoms with E-state index >= 15 is 0 Å². The Balaban J connectivity index is 1.36. The second kappa shape index (κ2) is 15.2. The number of likely N-dealkylation sites (tertiary alicyclic amines) is 1. The fourth-order valence-corrected chi connectivity index (χ4v) is 7.08. The molecule has 42 heavy (non-hydrogen) atoms. The van der Waals surface area contributed by atoms with Gasteiger partial charge >= 0.3 is 5.97 Å². The lowest BCUT2D eigenvalue weighted by molar-refractivity contribution is -0.137. The second-order valence-electron chi connectivity index (χ2n) is 12.9. The fourth-order valence-electron chi connectivity index (χ4n) is 7.08. The molecule has 2 aromatic rings. The number of hydrogen-bond acceptors (Lipinski definition) is 6. The monoisotopic (exact) mass is 582 g/mol. The summed E-state index contributed by atoms with van der Waals surface area (Å²) in [5, 5.41) is 29.5. The first-order valence-corrected chi connectivity index (χ1v) is 15.9. The number of aliphatic hydroxyl groups is 2. The maximum Gasteiger partial charge on any atom is 0.303 e. The Morgan fingerprint density at radius 3 is 2.29 bits per heavy atom. The third-order valence-electron chi connectivity index (χ3n) is 10.0. The number of nitrogens with zero attached hydrogens (tertiary/aromatic N) is 2. The van der Waals surface area contributed by atoms with Crippen LogP contribution < -0.4 is 4.90 Å². The van der Waals surface area contributed by atoms with Gasteiger partial charge in [0.1, 0.15) is 0 Å². The molecule has 4 rings (SSSR count). The zero-order valence-corrected chi connectivity index (χ0v) is 25.3. The van der Waals surface area contributed by atoms with E-state index in [0.29, 0.717) is 18.6 Å². The molecule has 1 saturated heterocycles. The quantitative estimate of drug-likeness (QED) is 0.234. The summed E-state index contributed by atoms with van der Waals surface area (Å²) in [4.78, 5) is 29.0. The van der Waals surface area contributed by atoms with Gasteiger partial charge in [0.2, 0.25) is 0 Å². The Hall–Kier alpha value is -2.68. The topological polar surface area (TPSA) is 114 Å². The van der Waals surface area contributed by atoms with Gasteiger partial charge in [-0.1, -0.05) is 37.0 Å². The lowest BCUT2D eigenvalue weighted by Crippen LogP contribution is -2.48. The van der Waals surface area contributed by atoms with E-state index in [4.69, 9.17) is 9.52 Å². The summed E-state index contributed by atoms with van der Waals surface area (Å²) in [6.45, 7) is 4.70. The maximum atomic E-state index is 13.5. The number of anilines is 1. The van der Waals surface area contributed by atoms with Crippen molar-refractivity contribution in [1.82, 2.24) is 4.90 Å². The van der Waals surface area contributed by atoms with Gasteiger partial charge in [-0.05, 0) is 101 Å². The molecular formula is C34H50N2O6. The van der Waals surface area contributed by atoms with Crippen LogP contribution in [0.1, 0.15) is 99.6 Å². The second-order valence-corrected chi connectivity index (χ2v) is 12.9. The van der Waals surface area contributed by atoms with Crippen LogP contribution in [0.15, 0.2) is 47.1 Å². The molecule has 1 aliphatic heterocycles. The third-order valence-corrected chi connectivity index (χ3v) is 10.0. The standard InChI is InChI=1S/C34H50N2O6/c1-27-9-11-28(12-10-27)36(32(41)30-7-6-24-42-30)29-13-21-35(22-14-29)23-20-33(15-3-2-4-16-33)18-19-34(25-37,26-38)17-5-8-31(39)40/h6-7,9-12,24,29,37-38H,2-5,8,13-23,25-26H2,1H3,(H,39,40). The summed E-state index contributed by atoms with van der Waals surface area (Å²) in [5.74, 6) is -0.565. The molecule has 0 spiro atoms. The van der Waals surface area contributed by atoms with Crippen molar-refractivity contribution < 1.29 is 29.3 Å². The van der Waals surface area contributed by atoms with Crippen molar-refractivity contribution in [3.63, 3.8) is 0 Å². The average Bonchev–Trinajstić information content (AvgIpc) is 3.56. The van der Waals surface area contributed by atoms with Gasteiger partial charge in [0.15, 0.2) is 5.76 Å². The van der Waals surface area contributed by atoms with Gasteiger partial charge in [-0.2, -0.15) is 0 Å². The molecular weight excluding hydrogens is 532 g/mol. The number of carbonyl (C=O) groups is 2. The number of hydrogen-bond donors (Lipinski definition) is 3. The van der Waals surface area contributed by atoms with Crippen molar-refractivity contribution in [3.05, 3.63) is 54.0 Å². The molecule has 0 unspecified atom stereocenters. The predicted molar refractivity (Wildman–Crippen MR) is 164 cm³/mol. The number of piperidine rings is 1. The molecule has 2 heterocycles. The summed E-state index contributed by atoms with van der Waals surface area (Å²) in [6, 6.07) is 11.7. The number of amides is 1. The molecule has 1 saturated carbocycles. The molecule has 0 bridgehead atoms. The normalized spacial score (nSPS) is 18.2. The smallest absolute Gasteiger partial charge is 0.303 e. The number of carbonyl (C=O) groups excluding carboxylic acids is 1. The Morgan fingerprint density at radius 1 is 1.00 bits per heavy atom. The summed E-state index contributed by atoms with van der Waals surface area (Å²) in [7, 11) is 0. The summed E-state index contributed by atoms with van der Waals surface area (Å²) < 4.78 is 5.49. The highest BCUT2D eigenvalue weighted by Crippen LogP contribution is 2.46. The summed E-state index contributed by atoms with van der Waals surface area (Å²) in [5.41, 5.74) is 1.64. The molecule has 2 fully saturated rings. The predicted octanol–water partition coefficient (Wildman–Crippen LogP) is 6.05. The molecule has 1 aliphatic carbocycles. The SMILES string of the molecule is Cc1ccc(N(C(=O)c2ccco2)C2CCN(CCC3(CCC(CO)(CO)CCCC(=O)O)CCCCC3)CC2)cc1. The van der Waals surface area contributed by atoms with Gasteiger partial charge in [-0.15, -0.1) is 0 Å². The number of furan rings is 1. The minimum Gasteiger partial charge on any atom is -0.481 e. The molecule has 8 heteroatoms. The minimum atomic E-state index is -0.834. The van der Waals surface area contributed by atoms with Gasteiger partial charge in [-0.3, -0.25) is 9.59 Å². The molecule has 1 amide bonds. The molecule has 2 aliphatic rings. The van der Waals surface area contributed by atoms with E-state index in [-0.39, 0.29) is 37.0 Å². The van der Waals surface area contributed by atoms with Crippen LogP contribution in [0.25, 0.3) is 0 Å². The van der Waals surface area contributed by atoms with E-state index in [9.17, 15) is 19.8 Å². The number of carboxylic acids is 1. The fraction of sp³-hybridized carbons (Fsp3) is 0.647. The van der Waals surface area contributed by atoms with Crippen LogP contribution in [0.3, 0.4) is 0 Å². The molecule has 1 aromatic heterocycles. The number of rotatable bonds is 15. The molecule has 1 aromatic carbocycles. The average molecular weight is 583 g/mol. The highest BCUT2D eigenvalue weighted by atomic mass is 16.4. The van der Waals surface area contributed by atoms with Crippen molar-refractivity contribution in [1.29, 1.82) is 0 Å². The van der Waals surface area contributed by atoms with Gasteiger partial charge < -0.3 is 29.5 Å². The van der Waals surface area contributed by atoms with Gasteiger partial charge in [0.05, 0.1) is 19.5 Å². The Labute approximate surface area is 250 Å². The first-order chi connectivity index (χ1) is 20.3. The third kappa shape index (κ3) is 8.45. The van der Waals surface area contributed by atoms with E-state index in [2.05, 4.69) is 4.90 Å². The van der Waals surface area contributed by atoms with Crippen LogP contribution in [-0.4, -0.2) is 71.0 Å². The first-order valence-electron chi connectivity index (χ1n) is 15.9. The van der Waals surface area contributed by atoms with E-state index in [1.165, 1.54) is 32.1 Å². The molecule has 8 nitrogen and oxygen atoms in total. The number of aliphatic carboxylic acids is 1.